The summed E-state index contributed by atoms with van der Waals surface area (Å²) in [6.45, 7) is 0.433. The van der Waals surface area contributed by atoms with Gasteiger partial charge in [0.05, 0.1) is 6.20 Å². The lowest BCUT2D eigenvalue weighted by Crippen LogP contribution is -2.30. The van der Waals surface area contributed by atoms with Gasteiger partial charge in [0.25, 0.3) is 0 Å². The second-order valence-electron chi connectivity index (χ2n) is 4.18. The first-order valence-corrected chi connectivity index (χ1v) is 5.68. The van der Waals surface area contributed by atoms with Crippen molar-refractivity contribution in [1.82, 2.24) is 19.7 Å². The van der Waals surface area contributed by atoms with Crippen LogP contribution in [0.15, 0.2) is 30.7 Å². The number of carbonyl (C=O) groups is 2. The summed E-state index contributed by atoms with van der Waals surface area (Å²) >= 11 is 0. The molecule has 0 fully saturated rings. The second kappa shape index (κ2) is 5.38. The van der Waals surface area contributed by atoms with Gasteiger partial charge in [0.1, 0.15) is 12.2 Å². The van der Waals surface area contributed by atoms with Gasteiger partial charge in [-0.2, -0.15) is 5.10 Å². The molecule has 0 spiro atoms. The highest BCUT2D eigenvalue weighted by Crippen LogP contribution is 2.05. The minimum absolute atomic E-state index is 0.00296. The predicted octanol–water partition coefficient (Wildman–Crippen LogP) is 0.568. The third kappa shape index (κ3) is 3.01. The molecule has 0 unspecified atom stereocenters. The lowest BCUT2D eigenvalue weighted by Gasteiger charge is -2.17. The summed E-state index contributed by atoms with van der Waals surface area (Å²) in [5.41, 5.74) is 0.992. The van der Waals surface area contributed by atoms with Gasteiger partial charge in [-0.3, -0.25) is 9.89 Å². The number of aromatic amines is 1. The molecule has 0 saturated heterocycles. The van der Waals surface area contributed by atoms with E-state index >= 15 is 0 Å². The van der Waals surface area contributed by atoms with Crippen molar-refractivity contribution >= 4 is 11.9 Å². The molecule has 0 aromatic carbocycles. The van der Waals surface area contributed by atoms with E-state index in [2.05, 4.69) is 10.2 Å². The molecule has 2 heterocycles. The van der Waals surface area contributed by atoms with Gasteiger partial charge < -0.3 is 14.6 Å². The standard InChI is InChI=1S/C12H14N4O3/c1-15(7-9-5-13-14-6-9)11(17)8-16-4-2-3-10(16)12(18)19/h2-6H,7-8H2,1H3,(H,13,14)(H,18,19). The first kappa shape index (κ1) is 12.9. The number of carbonyl (C=O) groups excluding carboxylic acids is 1. The fourth-order valence-electron chi connectivity index (χ4n) is 1.74. The monoisotopic (exact) mass is 262 g/mol. The molecule has 0 bridgehead atoms. The van der Waals surface area contributed by atoms with Crippen LogP contribution in [-0.2, 0) is 17.9 Å². The van der Waals surface area contributed by atoms with Crippen molar-refractivity contribution in [3.05, 3.63) is 42.0 Å². The van der Waals surface area contributed by atoms with Gasteiger partial charge in [-0.1, -0.05) is 0 Å². The molecule has 0 radical (unpaired) electrons. The van der Waals surface area contributed by atoms with E-state index in [-0.39, 0.29) is 18.1 Å². The van der Waals surface area contributed by atoms with E-state index in [1.807, 2.05) is 0 Å². The Bertz CT molecular complexity index is 574. The van der Waals surface area contributed by atoms with Crippen LogP contribution < -0.4 is 0 Å². The van der Waals surface area contributed by atoms with E-state index in [4.69, 9.17) is 5.11 Å². The number of carboxylic acid groups (broad SMARTS) is 1. The number of rotatable bonds is 5. The normalized spacial score (nSPS) is 10.4. The number of carboxylic acids is 1. The van der Waals surface area contributed by atoms with Gasteiger partial charge in [-0.25, -0.2) is 4.79 Å². The highest BCUT2D eigenvalue weighted by Gasteiger charge is 2.14. The highest BCUT2D eigenvalue weighted by atomic mass is 16.4. The van der Waals surface area contributed by atoms with Gasteiger partial charge in [0.2, 0.25) is 5.91 Å². The zero-order valence-electron chi connectivity index (χ0n) is 10.4. The highest BCUT2D eigenvalue weighted by molar-refractivity contribution is 5.86. The minimum Gasteiger partial charge on any atom is -0.477 e. The van der Waals surface area contributed by atoms with E-state index in [0.29, 0.717) is 6.54 Å². The molecular weight excluding hydrogens is 248 g/mol. The molecule has 7 heteroatoms. The molecule has 0 atom stereocenters. The molecule has 2 aromatic rings. The summed E-state index contributed by atoms with van der Waals surface area (Å²) in [6, 6.07) is 3.07. The van der Waals surface area contributed by atoms with Crippen LogP contribution >= 0.6 is 0 Å². The molecule has 0 aliphatic heterocycles. The number of amides is 1. The van der Waals surface area contributed by atoms with Crippen molar-refractivity contribution in [3.63, 3.8) is 0 Å². The van der Waals surface area contributed by atoms with Crippen LogP contribution in [0.4, 0.5) is 0 Å². The van der Waals surface area contributed by atoms with Crippen LogP contribution in [0.2, 0.25) is 0 Å². The summed E-state index contributed by atoms with van der Waals surface area (Å²) in [5.74, 6) is -1.21. The Morgan fingerprint density at radius 1 is 1.53 bits per heavy atom. The third-order valence-electron chi connectivity index (χ3n) is 2.75. The Hall–Kier alpha value is -2.57. The van der Waals surface area contributed by atoms with Crippen molar-refractivity contribution in [2.45, 2.75) is 13.1 Å². The van der Waals surface area contributed by atoms with Crippen LogP contribution in [0, 0.1) is 0 Å². The van der Waals surface area contributed by atoms with Crippen molar-refractivity contribution < 1.29 is 14.7 Å². The zero-order valence-corrected chi connectivity index (χ0v) is 10.4. The average molecular weight is 262 g/mol. The van der Waals surface area contributed by atoms with Gasteiger partial charge in [-0.15, -0.1) is 0 Å². The van der Waals surface area contributed by atoms with Crippen LogP contribution in [0.25, 0.3) is 0 Å². The quantitative estimate of drug-likeness (QED) is 0.824. The number of H-pyrrole nitrogens is 1. The maximum absolute atomic E-state index is 12.0. The largest absolute Gasteiger partial charge is 0.477 e. The summed E-state index contributed by atoms with van der Waals surface area (Å²) < 4.78 is 1.41. The number of aromatic carboxylic acids is 1. The molecule has 1 amide bonds. The maximum Gasteiger partial charge on any atom is 0.352 e. The Morgan fingerprint density at radius 2 is 2.32 bits per heavy atom. The van der Waals surface area contributed by atoms with E-state index in [1.165, 1.54) is 15.5 Å². The van der Waals surface area contributed by atoms with Gasteiger partial charge in [0, 0.05) is 31.5 Å². The summed E-state index contributed by atoms with van der Waals surface area (Å²) in [7, 11) is 1.67. The van der Waals surface area contributed by atoms with Gasteiger partial charge in [0.15, 0.2) is 0 Å². The smallest absolute Gasteiger partial charge is 0.352 e. The number of hydrogen-bond donors (Lipinski definition) is 2. The van der Waals surface area contributed by atoms with Gasteiger partial charge in [-0.05, 0) is 12.1 Å². The second-order valence-corrected chi connectivity index (χ2v) is 4.18. The first-order chi connectivity index (χ1) is 9.08. The van der Waals surface area contributed by atoms with Crippen molar-refractivity contribution in [1.29, 1.82) is 0 Å². The van der Waals surface area contributed by atoms with E-state index in [0.717, 1.165) is 5.56 Å². The summed E-state index contributed by atoms with van der Waals surface area (Å²) in [4.78, 5) is 24.4. The molecule has 0 saturated carbocycles. The molecule has 19 heavy (non-hydrogen) atoms. The molecule has 2 rings (SSSR count). The number of nitrogens with zero attached hydrogens (tertiary/aromatic N) is 3. The number of hydrogen-bond acceptors (Lipinski definition) is 3. The molecule has 2 aromatic heterocycles. The molecule has 0 aliphatic carbocycles. The lowest BCUT2D eigenvalue weighted by molar-refractivity contribution is -0.131. The van der Waals surface area contributed by atoms with Crippen LogP contribution in [0.3, 0.4) is 0 Å². The van der Waals surface area contributed by atoms with Gasteiger partial charge >= 0.3 is 5.97 Å². The fourth-order valence-corrected chi connectivity index (χ4v) is 1.74. The van der Waals surface area contributed by atoms with E-state index in [1.54, 1.807) is 31.7 Å². The predicted molar refractivity (Wildman–Crippen MR) is 66.5 cm³/mol. The molecule has 100 valence electrons. The number of likely N-dealkylation sites (N-methyl/N-ethyl adjacent to an activating group) is 1. The van der Waals surface area contributed by atoms with Crippen LogP contribution in [0.5, 0.6) is 0 Å². The topological polar surface area (TPSA) is 91.2 Å². The number of aromatic nitrogens is 3. The number of nitrogens with one attached hydrogen (secondary N) is 1. The molecular formula is C12H14N4O3. The zero-order chi connectivity index (χ0) is 13.8. The van der Waals surface area contributed by atoms with E-state index < -0.39 is 5.97 Å². The van der Waals surface area contributed by atoms with Crippen LogP contribution in [-0.4, -0.2) is 43.7 Å². The molecule has 7 nitrogen and oxygen atoms in total. The van der Waals surface area contributed by atoms with Crippen LogP contribution in [0.1, 0.15) is 16.1 Å². The fraction of sp³-hybridized carbons (Fsp3) is 0.250. The SMILES string of the molecule is CN(Cc1cn[nH]c1)C(=O)Cn1cccc1C(=O)O. The maximum atomic E-state index is 12.0. The Balaban J connectivity index is 2.00. The first-order valence-electron chi connectivity index (χ1n) is 5.68. The third-order valence-corrected chi connectivity index (χ3v) is 2.75. The van der Waals surface area contributed by atoms with Crippen molar-refractivity contribution in [2.24, 2.45) is 0 Å². The van der Waals surface area contributed by atoms with Crippen molar-refractivity contribution in [2.75, 3.05) is 7.05 Å². The molecule has 0 aliphatic rings. The Morgan fingerprint density at radius 3 is 2.95 bits per heavy atom. The van der Waals surface area contributed by atoms with E-state index in [9.17, 15) is 9.59 Å². The van der Waals surface area contributed by atoms with Crippen molar-refractivity contribution in [3.8, 4) is 0 Å². The Kier molecular flexibility index (Phi) is 3.65. The minimum atomic E-state index is -1.05. The Labute approximate surface area is 109 Å². The average Bonchev–Trinajstić information content (AvgIpc) is 2.99. The summed E-state index contributed by atoms with van der Waals surface area (Å²) in [5, 5.41) is 15.4. The summed E-state index contributed by atoms with van der Waals surface area (Å²) in [6.07, 6.45) is 4.93. The lowest BCUT2D eigenvalue weighted by atomic mass is 10.3. The molecule has 2 N–H and O–H groups in total.